The first-order valence-corrected chi connectivity index (χ1v) is 10.2. The van der Waals surface area contributed by atoms with Gasteiger partial charge in [0.2, 0.25) is 0 Å². The van der Waals surface area contributed by atoms with Gasteiger partial charge in [0.25, 0.3) is 10.2 Å². The van der Waals surface area contributed by atoms with Crippen LogP contribution in [0.4, 0.5) is 5.69 Å². The largest absolute Gasteiger partial charge is 0.299 e. The zero-order valence-electron chi connectivity index (χ0n) is 14.3. The molecule has 0 amide bonds. The highest BCUT2D eigenvalue weighted by Crippen LogP contribution is 2.20. The van der Waals surface area contributed by atoms with Gasteiger partial charge in [-0.1, -0.05) is 55.0 Å². The third kappa shape index (κ3) is 5.56. The molecule has 2 N–H and O–H groups in total. The summed E-state index contributed by atoms with van der Waals surface area (Å²) in [7, 11) is -3.61. The molecule has 1 heterocycles. The molecule has 1 aliphatic heterocycles. The zero-order valence-corrected chi connectivity index (χ0v) is 15.1. The highest BCUT2D eigenvalue weighted by molar-refractivity contribution is 7.90. The fourth-order valence-electron chi connectivity index (χ4n) is 3.07. The number of anilines is 1. The van der Waals surface area contributed by atoms with E-state index in [2.05, 4.69) is 14.3 Å². The molecule has 0 atom stereocenters. The Morgan fingerprint density at radius 2 is 1.56 bits per heavy atom. The van der Waals surface area contributed by atoms with E-state index in [1.807, 2.05) is 54.6 Å². The van der Waals surface area contributed by atoms with Crippen LogP contribution in [0.2, 0.25) is 0 Å². The molecule has 0 saturated carbocycles. The average molecular weight is 359 g/mol. The van der Waals surface area contributed by atoms with Gasteiger partial charge in [-0.2, -0.15) is 13.1 Å². The molecule has 0 bridgehead atoms. The third-order valence-corrected chi connectivity index (χ3v) is 5.43. The number of nitrogens with one attached hydrogen (secondary N) is 2. The Labute approximate surface area is 150 Å². The van der Waals surface area contributed by atoms with Crippen LogP contribution in [0.1, 0.15) is 30.4 Å². The Hall–Kier alpha value is -1.89. The Kier molecular flexibility index (Phi) is 6.07. The van der Waals surface area contributed by atoms with Crippen LogP contribution in [0.15, 0.2) is 54.6 Å². The van der Waals surface area contributed by atoms with Crippen molar-refractivity contribution in [3.8, 4) is 0 Å². The van der Waals surface area contributed by atoms with Gasteiger partial charge in [-0.25, -0.2) is 0 Å². The smallest absolute Gasteiger partial charge is 0.299 e. The van der Waals surface area contributed by atoms with E-state index < -0.39 is 10.2 Å². The van der Waals surface area contributed by atoms with Crippen LogP contribution >= 0.6 is 0 Å². The minimum atomic E-state index is -3.61. The second kappa shape index (κ2) is 8.47. The van der Waals surface area contributed by atoms with Crippen LogP contribution in [0, 0.1) is 0 Å². The highest BCUT2D eigenvalue weighted by atomic mass is 32.2. The van der Waals surface area contributed by atoms with E-state index in [-0.39, 0.29) is 6.54 Å². The molecule has 6 heteroatoms. The molecular formula is C19H25N3O2S. The summed E-state index contributed by atoms with van der Waals surface area (Å²) < 4.78 is 30.0. The number of nitrogens with zero attached hydrogens (tertiary/aromatic N) is 1. The minimum absolute atomic E-state index is 0.268. The van der Waals surface area contributed by atoms with E-state index in [1.165, 1.54) is 19.3 Å². The molecule has 2 aromatic carbocycles. The van der Waals surface area contributed by atoms with E-state index in [0.717, 1.165) is 30.8 Å². The fourth-order valence-corrected chi connectivity index (χ4v) is 3.99. The molecule has 134 valence electrons. The molecule has 0 spiro atoms. The van der Waals surface area contributed by atoms with Crippen LogP contribution in [-0.4, -0.2) is 26.4 Å². The summed E-state index contributed by atoms with van der Waals surface area (Å²) in [6.07, 6.45) is 3.72. The number of hydrogen-bond donors (Lipinski definition) is 2. The van der Waals surface area contributed by atoms with Gasteiger partial charge >= 0.3 is 0 Å². The van der Waals surface area contributed by atoms with Crippen LogP contribution in [-0.2, 0) is 23.3 Å². The lowest BCUT2D eigenvalue weighted by Gasteiger charge is -2.27. The Bertz CT molecular complexity index is 772. The van der Waals surface area contributed by atoms with Gasteiger partial charge in [-0.05, 0) is 43.1 Å². The molecular weight excluding hydrogens is 334 g/mol. The van der Waals surface area contributed by atoms with Crippen molar-refractivity contribution in [2.24, 2.45) is 0 Å². The molecule has 1 saturated heterocycles. The molecule has 1 aliphatic rings. The number of benzene rings is 2. The van der Waals surface area contributed by atoms with Crippen molar-refractivity contribution in [2.45, 2.75) is 32.4 Å². The van der Waals surface area contributed by atoms with Crippen molar-refractivity contribution in [2.75, 3.05) is 17.8 Å². The topological polar surface area (TPSA) is 61.4 Å². The van der Waals surface area contributed by atoms with E-state index >= 15 is 0 Å². The predicted octanol–water partition coefficient (Wildman–Crippen LogP) is 3.12. The first-order valence-electron chi connectivity index (χ1n) is 8.74. The maximum Gasteiger partial charge on any atom is 0.299 e. The lowest BCUT2D eigenvalue weighted by Crippen LogP contribution is -2.32. The summed E-state index contributed by atoms with van der Waals surface area (Å²) in [6.45, 7) is 3.20. The summed E-state index contributed by atoms with van der Waals surface area (Å²) >= 11 is 0. The van der Waals surface area contributed by atoms with Crippen LogP contribution in [0.25, 0.3) is 0 Å². The van der Waals surface area contributed by atoms with Gasteiger partial charge in [-0.3, -0.25) is 9.62 Å². The monoisotopic (exact) mass is 359 g/mol. The maximum atomic E-state index is 12.4. The fraction of sp³-hybridized carbons (Fsp3) is 0.368. The van der Waals surface area contributed by atoms with Gasteiger partial charge in [0, 0.05) is 13.1 Å². The van der Waals surface area contributed by atoms with Crippen molar-refractivity contribution in [1.82, 2.24) is 9.62 Å². The molecule has 0 unspecified atom stereocenters. The molecule has 25 heavy (non-hydrogen) atoms. The summed E-state index contributed by atoms with van der Waals surface area (Å²) in [6, 6.07) is 17.1. The first-order chi connectivity index (χ1) is 12.1. The standard InChI is InChI=1S/C19H25N3O2S/c23-25(24,20-15-17-9-3-1-4-10-17)21-19-12-6-5-11-18(19)16-22-13-7-2-8-14-22/h1,3-6,9-12,20-21H,2,7-8,13-16H2. The maximum absolute atomic E-state index is 12.4. The average Bonchev–Trinajstić information content (AvgIpc) is 2.63. The van der Waals surface area contributed by atoms with E-state index in [0.29, 0.717) is 5.69 Å². The van der Waals surface area contributed by atoms with Crippen LogP contribution in [0.3, 0.4) is 0 Å². The molecule has 0 radical (unpaired) electrons. The summed E-state index contributed by atoms with van der Waals surface area (Å²) in [4.78, 5) is 2.38. The molecule has 5 nitrogen and oxygen atoms in total. The van der Waals surface area contributed by atoms with Crippen molar-refractivity contribution in [1.29, 1.82) is 0 Å². The van der Waals surface area contributed by atoms with E-state index in [9.17, 15) is 8.42 Å². The number of rotatable bonds is 7. The summed E-state index contributed by atoms with van der Waals surface area (Å²) in [5.74, 6) is 0. The number of piperidine rings is 1. The van der Waals surface area contributed by atoms with Crippen molar-refractivity contribution in [3.05, 3.63) is 65.7 Å². The van der Waals surface area contributed by atoms with Gasteiger partial charge in [0.15, 0.2) is 0 Å². The van der Waals surface area contributed by atoms with Gasteiger partial charge in [0.1, 0.15) is 0 Å². The van der Waals surface area contributed by atoms with Gasteiger partial charge in [-0.15, -0.1) is 0 Å². The summed E-state index contributed by atoms with van der Waals surface area (Å²) in [5.41, 5.74) is 2.58. The quantitative estimate of drug-likeness (QED) is 0.798. The summed E-state index contributed by atoms with van der Waals surface area (Å²) in [5, 5.41) is 0. The lowest BCUT2D eigenvalue weighted by molar-refractivity contribution is 0.221. The van der Waals surface area contributed by atoms with E-state index in [4.69, 9.17) is 0 Å². The lowest BCUT2D eigenvalue weighted by atomic mass is 10.1. The number of likely N-dealkylation sites (tertiary alicyclic amines) is 1. The highest BCUT2D eigenvalue weighted by Gasteiger charge is 2.15. The number of para-hydroxylation sites is 1. The van der Waals surface area contributed by atoms with Gasteiger partial charge < -0.3 is 0 Å². The normalized spacial score (nSPS) is 15.8. The molecule has 2 aromatic rings. The second-order valence-electron chi connectivity index (χ2n) is 6.41. The SMILES string of the molecule is O=S(=O)(NCc1ccccc1)Nc1ccccc1CN1CCCCC1. The van der Waals surface area contributed by atoms with Crippen molar-refractivity contribution >= 4 is 15.9 Å². The predicted molar refractivity (Wildman–Crippen MR) is 101 cm³/mol. The Morgan fingerprint density at radius 3 is 2.32 bits per heavy atom. The molecule has 3 rings (SSSR count). The Balaban J connectivity index is 1.64. The first kappa shape index (κ1) is 17.9. The van der Waals surface area contributed by atoms with Crippen molar-refractivity contribution < 1.29 is 8.42 Å². The Morgan fingerprint density at radius 1 is 0.880 bits per heavy atom. The molecule has 0 aliphatic carbocycles. The molecule has 0 aromatic heterocycles. The number of hydrogen-bond acceptors (Lipinski definition) is 3. The zero-order chi connectivity index (χ0) is 17.5. The van der Waals surface area contributed by atoms with Crippen LogP contribution in [0.5, 0.6) is 0 Å². The van der Waals surface area contributed by atoms with Gasteiger partial charge in [0.05, 0.1) is 5.69 Å². The van der Waals surface area contributed by atoms with Crippen LogP contribution < -0.4 is 9.44 Å². The minimum Gasteiger partial charge on any atom is -0.299 e. The van der Waals surface area contributed by atoms with E-state index in [1.54, 1.807) is 0 Å². The molecule has 1 fully saturated rings. The third-order valence-electron chi connectivity index (χ3n) is 4.41. The van der Waals surface area contributed by atoms with Crippen molar-refractivity contribution in [3.63, 3.8) is 0 Å². The second-order valence-corrected chi connectivity index (χ2v) is 7.91.